The molecule has 0 radical (unpaired) electrons. The van der Waals surface area contributed by atoms with E-state index in [4.69, 9.17) is 4.42 Å². The van der Waals surface area contributed by atoms with Crippen LogP contribution in [0, 0.1) is 0 Å². The molecule has 27 heavy (non-hydrogen) atoms. The smallest absolute Gasteiger partial charge is 0.289 e. The van der Waals surface area contributed by atoms with Crippen molar-refractivity contribution in [2.45, 2.75) is 18.4 Å². The first-order valence-corrected chi connectivity index (χ1v) is 10.4. The summed E-state index contributed by atoms with van der Waals surface area (Å²) in [6, 6.07) is 11.4. The molecular formula is C20H24N3O3S+. The third-order valence-electron chi connectivity index (χ3n) is 5.25. The highest BCUT2D eigenvalue weighted by Crippen LogP contribution is 2.35. The van der Waals surface area contributed by atoms with Crippen molar-refractivity contribution in [1.29, 1.82) is 0 Å². The highest BCUT2D eigenvalue weighted by molar-refractivity contribution is 8.00. The molecule has 1 aromatic heterocycles. The van der Waals surface area contributed by atoms with E-state index in [-0.39, 0.29) is 11.8 Å². The summed E-state index contributed by atoms with van der Waals surface area (Å²) in [6.07, 6.45) is 0. The number of anilines is 1. The summed E-state index contributed by atoms with van der Waals surface area (Å²) in [5.41, 5.74) is 0.904. The van der Waals surface area contributed by atoms with Gasteiger partial charge in [-0.05, 0) is 31.2 Å². The van der Waals surface area contributed by atoms with Gasteiger partial charge < -0.3 is 19.1 Å². The second-order valence-electron chi connectivity index (χ2n) is 6.90. The van der Waals surface area contributed by atoms with Crippen molar-refractivity contribution in [1.82, 2.24) is 4.90 Å². The molecule has 142 valence electrons. The molecule has 2 aromatic rings. The number of carbonyl (C=O) groups is 2. The Morgan fingerprint density at radius 1 is 1.19 bits per heavy atom. The Morgan fingerprint density at radius 2 is 1.96 bits per heavy atom. The van der Waals surface area contributed by atoms with Gasteiger partial charge in [-0.3, -0.25) is 9.59 Å². The van der Waals surface area contributed by atoms with Crippen LogP contribution in [0.3, 0.4) is 0 Å². The van der Waals surface area contributed by atoms with E-state index in [0.29, 0.717) is 23.8 Å². The Kier molecular flexibility index (Phi) is 5.22. The number of likely N-dealkylation sites (N-methyl/N-ethyl adjacent to an activating group) is 1. The number of hydrogen-bond donors (Lipinski definition) is 1. The number of carbonyl (C=O) groups excluding carboxylic acids is 2. The third kappa shape index (κ3) is 3.75. The first-order chi connectivity index (χ1) is 13.2. The first-order valence-electron chi connectivity index (χ1n) is 9.39. The molecule has 1 fully saturated rings. The molecule has 0 spiro atoms. The number of thioether (sulfide) groups is 1. The van der Waals surface area contributed by atoms with Crippen LogP contribution in [0.2, 0.25) is 0 Å². The molecule has 2 amide bonds. The SMILES string of the molecule is CC[NH+]1CCN(C(=O)c2ccc(CN3C(=O)CSc4ccccc43)o2)CC1. The molecule has 0 saturated carbocycles. The molecule has 1 aromatic carbocycles. The number of quaternary nitrogens is 1. The zero-order valence-corrected chi connectivity index (χ0v) is 16.3. The summed E-state index contributed by atoms with van der Waals surface area (Å²) in [5, 5.41) is 0. The van der Waals surface area contributed by atoms with E-state index in [1.807, 2.05) is 29.2 Å². The van der Waals surface area contributed by atoms with Crippen LogP contribution < -0.4 is 9.80 Å². The van der Waals surface area contributed by atoms with Gasteiger partial charge in [0, 0.05) is 4.90 Å². The van der Waals surface area contributed by atoms with Crippen molar-refractivity contribution in [3.05, 3.63) is 47.9 Å². The van der Waals surface area contributed by atoms with Crippen LogP contribution in [-0.4, -0.2) is 55.2 Å². The van der Waals surface area contributed by atoms with Crippen molar-refractivity contribution >= 4 is 29.3 Å². The highest BCUT2D eigenvalue weighted by Gasteiger charge is 2.28. The minimum absolute atomic E-state index is 0.0571. The van der Waals surface area contributed by atoms with Crippen LogP contribution in [0.25, 0.3) is 0 Å². The van der Waals surface area contributed by atoms with Gasteiger partial charge in [0.2, 0.25) is 5.91 Å². The minimum atomic E-state index is -0.0580. The molecule has 2 aliphatic heterocycles. The Labute approximate surface area is 163 Å². The van der Waals surface area contributed by atoms with Crippen LogP contribution in [0.4, 0.5) is 5.69 Å². The second-order valence-corrected chi connectivity index (χ2v) is 7.92. The fourth-order valence-corrected chi connectivity index (χ4v) is 4.53. The van der Waals surface area contributed by atoms with Crippen molar-refractivity contribution in [2.24, 2.45) is 0 Å². The summed E-state index contributed by atoms with van der Waals surface area (Å²) >= 11 is 1.56. The summed E-state index contributed by atoms with van der Waals surface area (Å²) in [7, 11) is 0. The van der Waals surface area contributed by atoms with E-state index in [2.05, 4.69) is 6.92 Å². The number of furan rings is 1. The van der Waals surface area contributed by atoms with Gasteiger partial charge in [-0.2, -0.15) is 0 Å². The van der Waals surface area contributed by atoms with Crippen molar-refractivity contribution in [3.8, 4) is 0 Å². The second kappa shape index (κ2) is 7.78. The van der Waals surface area contributed by atoms with Gasteiger partial charge in [-0.1, -0.05) is 12.1 Å². The predicted octanol–water partition coefficient (Wildman–Crippen LogP) is 1.28. The van der Waals surface area contributed by atoms with E-state index in [1.54, 1.807) is 28.8 Å². The maximum atomic E-state index is 12.7. The number of fused-ring (bicyclic) bond motifs is 1. The fraction of sp³-hybridized carbons (Fsp3) is 0.400. The lowest BCUT2D eigenvalue weighted by molar-refractivity contribution is -0.902. The molecule has 0 atom stereocenters. The lowest BCUT2D eigenvalue weighted by Gasteiger charge is -2.31. The van der Waals surface area contributed by atoms with Crippen molar-refractivity contribution in [3.63, 3.8) is 0 Å². The largest absolute Gasteiger partial charge is 0.454 e. The summed E-state index contributed by atoms with van der Waals surface area (Å²) in [5.74, 6) is 1.41. The Morgan fingerprint density at radius 3 is 2.74 bits per heavy atom. The summed E-state index contributed by atoms with van der Waals surface area (Å²) in [4.78, 5) is 31.3. The molecule has 2 aliphatic rings. The van der Waals surface area contributed by atoms with Gasteiger partial charge in [0.25, 0.3) is 5.91 Å². The van der Waals surface area contributed by atoms with E-state index in [9.17, 15) is 9.59 Å². The van der Waals surface area contributed by atoms with Crippen molar-refractivity contribution in [2.75, 3.05) is 43.4 Å². The lowest BCUT2D eigenvalue weighted by atomic mass is 10.2. The van der Waals surface area contributed by atoms with Crippen LogP contribution in [0.15, 0.2) is 45.7 Å². The molecule has 6 nitrogen and oxygen atoms in total. The van der Waals surface area contributed by atoms with Gasteiger partial charge in [-0.15, -0.1) is 11.8 Å². The van der Waals surface area contributed by atoms with E-state index < -0.39 is 0 Å². The molecular weight excluding hydrogens is 362 g/mol. The van der Waals surface area contributed by atoms with Gasteiger partial charge in [-0.25, -0.2) is 0 Å². The van der Waals surface area contributed by atoms with Crippen LogP contribution in [-0.2, 0) is 11.3 Å². The maximum absolute atomic E-state index is 12.7. The number of hydrogen-bond acceptors (Lipinski definition) is 4. The molecule has 4 rings (SSSR count). The Balaban J connectivity index is 1.46. The third-order valence-corrected chi connectivity index (χ3v) is 6.30. The average Bonchev–Trinajstić information content (AvgIpc) is 3.18. The highest BCUT2D eigenvalue weighted by atomic mass is 32.2. The van der Waals surface area contributed by atoms with Gasteiger partial charge >= 0.3 is 0 Å². The minimum Gasteiger partial charge on any atom is -0.454 e. The molecule has 0 bridgehead atoms. The molecule has 0 aliphatic carbocycles. The lowest BCUT2D eigenvalue weighted by Crippen LogP contribution is -3.14. The molecule has 1 saturated heterocycles. The molecule has 0 unspecified atom stereocenters. The molecule has 7 heteroatoms. The van der Waals surface area contributed by atoms with Gasteiger partial charge in [0.15, 0.2) is 5.76 Å². The number of nitrogens with one attached hydrogen (secondary N) is 1. The quantitative estimate of drug-likeness (QED) is 0.860. The number of para-hydroxylation sites is 1. The molecule has 1 N–H and O–H groups in total. The maximum Gasteiger partial charge on any atom is 0.289 e. The summed E-state index contributed by atoms with van der Waals surface area (Å²) in [6.45, 7) is 7.08. The Hall–Kier alpha value is -2.25. The van der Waals surface area contributed by atoms with E-state index in [0.717, 1.165) is 43.3 Å². The zero-order chi connectivity index (χ0) is 18.8. The number of amides is 2. The van der Waals surface area contributed by atoms with Crippen molar-refractivity contribution < 1.29 is 18.9 Å². The van der Waals surface area contributed by atoms with Gasteiger partial charge in [0.05, 0.1) is 50.7 Å². The van der Waals surface area contributed by atoms with Crippen LogP contribution in [0.1, 0.15) is 23.2 Å². The van der Waals surface area contributed by atoms with Crippen LogP contribution >= 0.6 is 11.8 Å². The summed E-state index contributed by atoms with van der Waals surface area (Å²) < 4.78 is 5.82. The predicted molar refractivity (Wildman–Crippen MR) is 104 cm³/mol. The average molecular weight is 386 g/mol. The first kappa shape index (κ1) is 18.1. The standard InChI is InChI=1S/C20H23N3O3S/c1-2-21-9-11-22(12-10-21)20(25)17-8-7-15(26-17)13-23-16-5-3-4-6-18(16)27-14-19(23)24/h3-8H,2,9-14H2,1H3/p+1. The fourth-order valence-electron chi connectivity index (χ4n) is 3.60. The van der Waals surface area contributed by atoms with E-state index in [1.165, 1.54) is 4.90 Å². The molecule has 3 heterocycles. The number of nitrogens with zero attached hydrogens (tertiary/aromatic N) is 2. The van der Waals surface area contributed by atoms with E-state index >= 15 is 0 Å². The normalized spacial score (nSPS) is 17.9. The zero-order valence-electron chi connectivity index (χ0n) is 15.4. The monoisotopic (exact) mass is 386 g/mol. The topological polar surface area (TPSA) is 58.2 Å². The number of rotatable bonds is 4. The number of piperazine rings is 1. The number of benzene rings is 1. The van der Waals surface area contributed by atoms with Crippen LogP contribution in [0.5, 0.6) is 0 Å². The Bertz CT molecular complexity index is 843. The van der Waals surface area contributed by atoms with Gasteiger partial charge in [0.1, 0.15) is 5.76 Å².